The van der Waals surface area contributed by atoms with Crippen LogP contribution in [0.3, 0.4) is 0 Å². The number of methoxy groups -OCH3 is 4. The van der Waals surface area contributed by atoms with Crippen LogP contribution in [-0.4, -0.2) is 65.6 Å². The third-order valence-corrected chi connectivity index (χ3v) is 3.01. The fourth-order valence-electron chi connectivity index (χ4n) is 2.27. The van der Waals surface area contributed by atoms with E-state index in [0.717, 1.165) is 0 Å². The molecule has 1 fully saturated rings. The van der Waals surface area contributed by atoms with E-state index >= 15 is 0 Å². The van der Waals surface area contributed by atoms with E-state index in [4.69, 9.17) is 23.7 Å². The Morgan fingerprint density at radius 2 is 1.44 bits per heavy atom. The molecule has 0 bridgehead atoms. The third kappa shape index (κ3) is 2.73. The summed E-state index contributed by atoms with van der Waals surface area (Å²) in [7, 11) is 6.60. The summed E-state index contributed by atoms with van der Waals surface area (Å²) in [6.45, 7) is 2.45. The summed E-state index contributed by atoms with van der Waals surface area (Å²) in [5, 5.41) is 0. The molecule has 16 heavy (non-hydrogen) atoms. The van der Waals surface area contributed by atoms with Crippen molar-refractivity contribution in [2.24, 2.45) is 0 Å². The van der Waals surface area contributed by atoms with Crippen LogP contribution in [-0.2, 0) is 23.7 Å². The molecule has 0 radical (unpaired) electrons. The van der Waals surface area contributed by atoms with Gasteiger partial charge in [-0.15, -0.1) is 0 Å². The zero-order valence-electron chi connectivity index (χ0n) is 10.6. The van der Waals surface area contributed by atoms with Crippen molar-refractivity contribution in [3.63, 3.8) is 0 Å². The van der Waals surface area contributed by atoms with E-state index in [1.807, 2.05) is 6.92 Å². The SMILES string of the molecule is COCC1O[C@@H](C)C(OC)[C@H](OC)[C@@H]1OC. The molecule has 5 nitrogen and oxygen atoms in total. The van der Waals surface area contributed by atoms with E-state index in [-0.39, 0.29) is 30.5 Å². The second kappa shape index (κ2) is 6.51. The summed E-state index contributed by atoms with van der Waals surface area (Å²) < 4.78 is 27.2. The molecule has 1 aliphatic heterocycles. The average molecular weight is 234 g/mol. The predicted octanol–water partition coefficient (Wildman–Crippen LogP) is 0.465. The first-order valence-electron chi connectivity index (χ1n) is 5.42. The molecule has 2 unspecified atom stereocenters. The van der Waals surface area contributed by atoms with Gasteiger partial charge in [-0.2, -0.15) is 0 Å². The molecule has 0 spiro atoms. The number of hydrogen-bond acceptors (Lipinski definition) is 5. The van der Waals surface area contributed by atoms with Gasteiger partial charge in [-0.25, -0.2) is 0 Å². The summed E-state index contributed by atoms with van der Waals surface area (Å²) in [6.07, 6.45) is -0.601. The van der Waals surface area contributed by atoms with Crippen LogP contribution in [0.4, 0.5) is 0 Å². The van der Waals surface area contributed by atoms with Crippen LogP contribution in [0.5, 0.6) is 0 Å². The van der Waals surface area contributed by atoms with E-state index in [9.17, 15) is 0 Å². The summed E-state index contributed by atoms with van der Waals surface area (Å²) in [5.74, 6) is 0. The Hall–Kier alpha value is -0.200. The molecule has 0 aromatic rings. The van der Waals surface area contributed by atoms with E-state index in [1.54, 1.807) is 28.4 Å². The molecule has 5 heteroatoms. The van der Waals surface area contributed by atoms with Crippen LogP contribution >= 0.6 is 0 Å². The van der Waals surface area contributed by atoms with E-state index in [1.165, 1.54) is 0 Å². The Labute approximate surface area is 97.0 Å². The molecule has 0 amide bonds. The Morgan fingerprint density at radius 1 is 0.875 bits per heavy atom. The highest BCUT2D eigenvalue weighted by Crippen LogP contribution is 2.26. The number of hydrogen-bond donors (Lipinski definition) is 0. The second-order valence-corrected chi connectivity index (χ2v) is 3.94. The Kier molecular flexibility index (Phi) is 5.64. The van der Waals surface area contributed by atoms with Crippen molar-refractivity contribution in [1.29, 1.82) is 0 Å². The zero-order chi connectivity index (χ0) is 12.1. The minimum atomic E-state index is -0.175. The first kappa shape index (κ1) is 13.9. The molecule has 0 aromatic carbocycles. The minimum absolute atomic E-state index is 0.0403. The molecule has 0 aromatic heterocycles. The van der Waals surface area contributed by atoms with Crippen LogP contribution in [0, 0.1) is 0 Å². The summed E-state index contributed by atoms with van der Waals surface area (Å²) >= 11 is 0. The lowest BCUT2D eigenvalue weighted by Crippen LogP contribution is -2.59. The Morgan fingerprint density at radius 3 is 1.88 bits per heavy atom. The van der Waals surface area contributed by atoms with Gasteiger partial charge in [0.1, 0.15) is 24.4 Å². The fourth-order valence-corrected chi connectivity index (χ4v) is 2.27. The van der Waals surface area contributed by atoms with Crippen LogP contribution < -0.4 is 0 Å². The largest absolute Gasteiger partial charge is 0.382 e. The lowest BCUT2D eigenvalue weighted by atomic mass is 9.95. The van der Waals surface area contributed by atoms with Gasteiger partial charge in [-0.3, -0.25) is 0 Å². The number of ether oxygens (including phenoxy) is 5. The van der Waals surface area contributed by atoms with Gasteiger partial charge >= 0.3 is 0 Å². The van der Waals surface area contributed by atoms with Crippen LogP contribution in [0.15, 0.2) is 0 Å². The lowest BCUT2D eigenvalue weighted by Gasteiger charge is -2.43. The second-order valence-electron chi connectivity index (χ2n) is 3.94. The topological polar surface area (TPSA) is 46.2 Å². The van der Waals surface area contributed by atoms with Crippen molar-refractivity contribution in [2.45, 2.75) is 37.4 Å². The van der Waals surface area contributed by atoms with E-state index in [0.29, 0.717) is 6.61 Å². The third-order valence-electron chi connectivity index (χ3n) is 3.01. The van der Waals surface area contributed by atoms with E-state index < -0.39 is 0 Å². The summed E-state index contributed by atoms with van der Waals surface area (Å²) in [5.41, 5.74) is 0. The summed E-state index contributed by atoms with van der Waals surface area (Å²) in [6, 6.07) is 0. The molecular weight excluding hydrogens is 212 g/mol. The van der Waals surface area contributed by atoms with Gasteiger partial charge < -0.3 is 23.7 Å². The van der Waals surface area contributed by atoms with Crippen molar-refractivity contribution >= 4 is 0 Å². The molecule has 1 saturated heterocycles. The predicted molar refractivity (Wildman–Crippen MR) is 58.6 cm³/mol. The highest BCUT2D eigenvalue weighted by Gasteiger charge is 2.45. The van der Waals surface area contributed by atoms with Crippen LogP contribution in [0.25, 0.3) is 0 Å². The van der Waals surface area contributed by atoms with Crippen molar-refractivity contribution in [2.75, 3.05) is 35.0 Å². The van der Waals surface area contributed by atoms with Crippen LogP contribution in [0.1, 0.15) is 6.92 Å². The maximum absolute atomic E-state index is 5.81. The van der Waals surface area contributed by atoms with Gasteiger partial charge in [0.25, 0.3) is 0 Å². The Bertz CT molecular complexity index is 199. The first-order chi connectivity index (χ1) is 7.69. The summed E-state index contributed by atoms with van der Waals surface area (Å²) in [4.78, 5) is 0. The molecule has 1 aliphatic rings. The molecular formula is C11H22O5. The molecule has 5 atom stereocenters. The van der Waals surface area contributed by atoms with Gasteiger partial charge in [0.05, 0.1) is 12.7 Å². The fraction of sp³-hybridized carbons (Fsp3) is 1.00. The Balaban J connectivity index is 2.78. The minimum Gasteiger partial charge on any atom is -0.382 e. The van der Waals surface area contributed by atoms with Crippen LogP contribution in [0.2, 0.25) is 0 Å². The molecule has 0 aliphatic carbocycles. The van der Waals surface area contributed by atoms with Gasteiger partial charge in [0.15, 0.2) is 0 Å². The molecule has 96 valence electrons. The van der Waals surface area contributed by atoms with Crippen molar-refractivity contribution in [1.82, 2.24) is 0 Å². The molecule has 1 heterocycles. The highest BCUT2D eigenvalue weighted by atomic mass is 16.6. The highest BCUT2D eigenvalue weighted by molar-refractivity contribution is 4.93. The first-order valence-corrected chi connectivity index (χ1v) is 5.42. The molecule has 1 rings (SSSR count). The zero-order valence-corrected chi connectivity index (χ0v) is 10.6. The monoisotopic (exact) mass is 234 g/mol. The molecule has 0 N–H and O–H groups in total. The number of rotatable bonds is 5. The van der Waals surface area contributed by atoms with Crippen molar-refractivity contribution in [3.8, 4) is 0 Å². The van der Waals surface area contributed by atoms with Gasteiger partial charge in [0, 0.05) is 28.4 Å². The van der Waals surface area contributed by atoms with Gasteiger partial charge in [-0.05, 0) is 6.92 Å². The maximum Gasteiger partial charge on any atom is 0.114 e. The van der Waals surface area contributed by atoms with E-state index in [2.05, 4.69) is 0 Å². The lowest BCUT2D eigenvalue weighted by molar-refractivity contribution is -0.245. The standard InChI is InChI=1S/C11H22O5/c1-7-9(13-3)11(15-5)10(14-4)8(16-7)6-12-2/h7-11H,6H2,1-5H3/t7-,8?,9?,10+,11-/m0/s1. The van der Waals surface area contributed by atoms with Crippen molar-refractivity contribution in [3.05, 3.63) is 0 Å². The van der Waals surface area contributed by atoms with Crippen molar-refractivity contribution < 1.29 is 23.7 Å². The van der Waals surface area contributed by atoms with Gasteiger partial charge in [-0.1, -0.05) is 0 Å². The van der Waals surface area contributed by atoms with Gasteiger partial charge in [0.2, 0.25) is 0 Å². The normalized spacial score (nSPS) is 39.9. The average Bonchev–Trinajstić information content (AvgIpc) is 2.28. The quantitative estimate of drug-likeness (QED) is 0.692. The smallest absolute Gasteiger partial charge is 0.114 e. The molecule has 0 saturated carbocycles. The maximum atomic E-state index is 5.81.